The van der Waals surface area contributed by atoms with Crippen molar-refractivity contribution in [3.63, 3.8) is 0 Å². The first kappa shape index (κ1) is 12.2. The van der Waals surface area contributed by atoms with Gasteiger partial charge in [-0.1, -0.05) is 6.07 Å². The molecule has 0 spiro atoms. The van der Waals surface area contributed by atoms with Crippen LogP contribution in [0.1, 0.15) is 5.56 Å². The van der Waals surface area contributed by atoms with Crippen LogP contribution in [0.15, 0.2) is 36.5 Å². The van der Waals surface area contributed by atoms with Gasteiger partial charge in [0.05, 0.1) is 0 Å². The number of anilines is 4. The van der Waals surface area contributed by atoms with Crippen LogP contribution in [0.2, 0.25) is 0 Å². The van der Waals surface area contributed by atoms with Gasteiger partial charge in [-0.3, -0.25) is 0 Å². The van der Waals surface area contributed by atoms with Gasteiger partial charge in [0.25, 0.3) is 0 Å². The van der Waals surface area contributed by atoms with Crippen LogP contribution in [-0.4, -0.2) is 19.1 Å². The molecule has 0 amide bonds. The molecule has 1 heterocycles. The number of pyridine rings is 1. The Kier molecular flexibility index (Phi) is 3.37. The number of aromatic nitrogens is 1. The minimum Gasteiger partial charge on any atom is -0.398 e. The van der Waals surface area contributed by atoms with E-state index in [2.05, 4.69) is 27.3 Å². The molecule has 0 atom stereocenters. The van der Waals surface area contributed by atoms with Gasteiger partial charge in [0.2, 0.25) is 0 Å². The zero-order chi connectivity index (χ0) is 13.1. The Hall–Kier alpha value is -2.23. The lowest BCUT2D eigenvalue weighted by Gasteiger charge is -2.14. The molecule has 0 bridgehead atoms. The molecule has 0 saturated carbocycles. The Morgan fingerprint density at radius 3 is 2.67 bits per heavy atom. The SMILES string of the molecule is Cc1cnc(Nc2cccc(N(C)C)c2)cc1N. The number of aryl methyl sites for hydroxylation is 1. The number of nitrogens with one attached hydrogen (secondary N) is 1. The molecule has 0 fully saturated rings. The molecule has 2 rings (SSSR count). The summed E-state index contributed by atoms with van der Waals surface area (Å²) in [6, 6.07) is 9.98. The number of rotatable bonds is 3. The van der Waals surface area contributed by atoms with Crippen LogP contribution in [0, 0.1) is 6.92 Å². The lowest BCUT2D eigenvalue weighted by Crippen LogP contribution is -2.08. The number of nitrogens with zero attached hydrogens (tertiary/aromatic N) is 2. The van der Waals surface area contributed by atoms with Crippen LogP contribution in [0.3, 0.4) is 0 Å². The molecule has 4 heteroatoms. The highest BCUT2D eigenvalue weighted by Crippen LogP contribution is 2.22. The Morgan fingerprint density at radius 2 is 2.00 bits per heavy atom. The first-order valence-electron chi connectivity index (χ1n) is 5.83. The number of benzene rings is 1. The van der Waals surface area contributed by atoms with Gasteiger partial charge in [-0.2, -0.15) is 0 Å². The van der Waals surface area contributed by atoms with E-state index in [0.717, 1.165) is 28.4 Å². The zero-order valence-corrected chi connectivity index (χ0v) is 10.9. The number of nitrogen functional groups attached to an aromatic ring is 1. The van der Waals surface area contributed by atoms with Crippen LogP contribution in [0.25, 0.3) is 0 Å². The van der Waals surface area contributed by atoms with Crippen molar-refractivity contribution in [3.8, 4) is 0 Å². The van der Waals surface area contributed by atoms with E-state index in [4.69, 9.17) is 5.73 Å². The van der Waals surface area contributed by atoms with E-state index in [1.165, 1.54) is 0 Å². The van der Waals surface area contributed by atoms with E-state index < -0.39 is 0 Å². The van der Waals surface area contributed by atoms with E-state index in [1.54, 1.807) is 6.20 Å². The Bertz CT molecular complexity index is 549. The molecule has 2 aromatic rings. The molecule has 1 aromatic heterocycles. The summed E-state index contributed by atoms with van der Waals surface area (Å²) in [5.41, 5.74) is 9.74. The van der Waals surface area contributed by atoms with Gasteiger partial charge in [-0.15, -0.1) is 0 Å². The Morgan fingerprint density at radius 1 is 1.22 bits per heavy atom. The molecule has 0 aliphatic carbocycles. The topological polar surface area (TPSA) is 54.2 Å². The van der Waals surface area contributed by atoms with Crippen molar-refractivity contribution in [3.05, 3.63) is 42.1 Å². The van der Waals surface area contributed by atoms with Gasteiger partial charge in [0.1, 0.15) is 5.82 Å². The van der Waals surface area contributed by atoms with Gasteiger partial charge in [-0.05, 0) is 30.7 Å². The normalized spacial score (nSPS) is 10.2. The van der Waals surface area contributed by atoms with Crippen molar-refractivity contribution in [2.24, 2.45) is 0 Å². The summed E-state index contributed by atoms with van der Waals surface area (Å²) in [6.45, 7) is 1.94. The fourth-order valence-corrected chi connectivity index (χ4v) is 1.62. The van der Waals surface area contributed by atoms with Gasteiger partial charge in [-0.25, -0.2) is 4.98 Å². The average Bonchev–Trinajstić information content (AvgIpc) is 2.34. The summed E-state index contributed by atoms with van der Waals surface area (Å²) in [4.78, 5) is 6.36. The highest BCUT2D eigenvalue weighted by Gasteiger charge is 2.01. The van der Waals surface area contributed by atoms with E-state index in [0.29, 0.717) is 0 Å². The van der Waals surface area contributed by atoms with Crippen molar-refractivity contribution in [2.75, 3.05) is 30.0 Å². The molecule has 0 radical (unpaired) electrons. The number of nitrogens with two attached hydrogens (primary N) is 1. The predicted molar refractivity (Wildman–Crippen MR) is 77.4 cm³/mol. The third-order valence-electron chi connectivity index (χ3n) is 2.78. The quantitative estimate of drug-likeness (QED) is 0.869. The summed E-state index contributed by atoms with van der Waals surface area (Å²) in [7, 11) is 4.03. The van der Waals surface area contributed by atoms with E-state index in [-0.39, 0.29) is 0 Å². The summed E-state index contributed by atoms with van der Waals surface area (Å²) < 4.78 is 0. The number of hydrogen-bond acceptors (Lipinski definition) is 4. The standard InChI is InChI=1S/C14H18N4/c1-10-9-16-14(8-13(10)15)17-11-5-4-6-12(7-11)18(2)3/h4-9H,1-3H3,(H3,15,16,17). The van der Waals surface area contributed by atoms with Gasteiger partial charge in [0.15, 0.2) is 0 Å². The third-order valence-corrected chi connectivity index (χ3v) is 2.78. The Balaban J connectivity index is 2.23. The van der Waals surface area contributed by atoms with Crippen molar-refractivity contribution in [1.29, 1.82) is 0 Å². The minimum absolute atomic E-state index is 0.747. The molecule has 3 N–H and O–H groups in total. The van der Waals surface area contributed by atoms with Gasteiger partial charge >= 0.3 is 0 Å². The monoisotopic (exact) mass is 242 g/mol. The van der Waals surface area contributed by atoms with Crippen LogP contribution in [-0.2, 0) is 0 Å². The fourth-order valence-electron chi connectivity index (χ4n) is 1.62. The molecule has 18 heavy (non-hydrogen) atoms. The lowest BCUT2D eigenvalue weighted by atomic mass is 10.2. The first-order valence-corrected chi connectivity index (χ1v) is 5.83. The van der Waals surface area contributed by atoms with Gasteiger partial charge < -0.3 is 16.0 Å². The lowest BCUT2D eigenvalue weighted by molar-refractivity contribution is 1.13. The summed E-state index contributed by atoms with van der Waals surface area (Å²) in [5.74, 6) is 0.758. The molecular formula is C14H18N4. The van der Waals surface area contributed by atoms with Crippen LogP contribution in [0.5, 0.6) is 0 Å². The molecular weight excluding hydrogens is 224 g/mol. The van der Waals surface area contributed by atoms with Crippen molar-refractivity contribution in [2.45, 2.75) is 6.92 Å². The van der Waals surface area contributed by atoms with Gasteiger partial charge in [0, 0.05) is 43.4 Å². The molecule has 0 saturated heterocycles. The predicted octanol–water partition coefficient (Wildman–Crippen LogP) is 2.78. The highest BCUT2D eigenvalue weighted by molar-refractivity contribution is 5.65. The summed E-state index contributed by atoms with van der Waals surface area (Å²) >= 11 is 0. The molecule has 1 aromatic carbocycles. The molecule has 0 unspecified atom stereocenters. The van der Waals surface area contributed by atoms with Crippen molar-refractivity contribution >= 4 is 22.9 Å². The third kappa shape index (κ3) is 2.71. The first-order chi connectivity index (χ1) is 8.56. The Labute approximate surface area is 107 Å². The summed E-state index contributed by atoms with van der Waals surface area (Å²) in [6.07, 6.45) is 1.77. The maximum atomic E-state index is 5.86. The fraction of sp³-hybridized carbons (Fsp3) is 0.214. The molecule has 94 valence electrons. The van der Waals surface area contributed by atoms with E-state index in [1.807, 2.05) is 39.2 Å². The largest absolute Gasteiger partial charge is 0.398 e. The second-order valence-electron chi connectivity index (χ2n) is 4.50. The van der Waals surface area contributed by atoms with Crippen molar-refractivity contribution in [1.82, 2.24) is 4.98 Å². The molecule has 0 aliphatic rings. The molecule has 4 nitrogen and oxygen atoms in total. The second-order valence-corrected chi connectivity index (χ2v) is 4.50. The maximum absolute atomic E-state index is 5.86. The van der Waals surface area contributed by atoms with Crippen LogP contribution in [0.4, 0.5) is 22.9 Å². The van der Waals surface area contributed by atoms with Crippen molar-refractivity contribution < 1.29 is 0 Å². The van der Waals surface area contributed by atoms with E-state index >= 15 is 0 Å². The zero-order valence-electron chi connectivity index (χ0n) is 10.9. The maximum Gasteiger partial charge on any atom is 0.132 e. The average molecular weight is 242 g/mol. The minimum atomic E-state index is 0.747. The smallest absolute Gasteiger partial charge is 0.132 e. The van der Waals surface area contributed by atoms with E-state index in [9.17, 15) is 0 Å². The second kappa shape index (κ2) is 4.96. The number of hydrogen-bond donors (Lipinski definition) is 2. The van der Waals surface area contributed by atoms with Crippen LogP contribution < -0.4 is 16.0 Å². The summed E-state index contributed by atoms with van der Waals surface area (Å²) in [5, 5.41) is 3.25. The highest BCUT2D eigenvalue weighted by atomic mass is 15.1. The molecule has 0 aliphatic heterocycles. The van der Waals surface area contributed by atoms with Crippen LogP contribution >= 0.6 is 0 Å².